The van der Waals surface area contributed by atoms with Crippen molar-refractivity contribution in [3.8, 4) is 0 Å². The van der Waals surface area contributed by atoms with Gasteiger partial charge in [0.25, 0.3) is 0 Å². The molecule has 6 heteroatoms. The van der Waals surface area contributed by atoms with Crippen LogP contribution in [0.5, 0.6) is 0 Å². The number of nitrogens with one attached hydrogen (secondary N) is 1. The molecule has 2 aliphatic carbocycles. The fourth-order valence-corrected chi connectivity index (χ4v) is 4.84. The Kier molecular flexibility index (Phi) is 6.21. The monoisotopic (exact) mass is 463 g/mol. The van der Waals surface area contributed by atoms with Crippen LogP contribution in [-0.4, -0.2) is 62.5 Å². The van der Waals surface area contributed by atoms with E-state index in [-0.39, 0.29) is 29.4 Å². The van der Waals surface area contributed by atoms with Gasteiger partial charge in [-0.15, -0.1) is 24.0 Å². The van der Waals surface area contributed by atoms with Crippen LogP contribution < -0.4 is 5.32 Å². The van der Waals surface area contributed by atoms with Crippen LogP contribution in [0, 0.1) is 17.3 Å². The zero-order chi connectivity index (χ0) is 16.7. The summed E-state index contributed by atoms with van der Waals surface area (Å²) in [5, 5.41) is 3.76. The summed E-state index contributed by atoms with van der Waals surface area (Å²) >= 11 is 0. The van der Waals surface area contributed by atoms with Crippen molar-refractivity contribution in [1.29, 1.82) is 0 Å². The van der Waals surface area contributed by atoms with Crippen molar-refractivity contribution in [2.45, 2.75) is 64.2 Å². The molecule has 144 valence electrons. The lowest BCUT2D eigenvalue weighted by molar-refractivity contribution is -0.107. The largest absolute Gasteiger partial charge is 0.378 e. The van der Waals surface area contributed by atoms with Crippen molar-refractivity contribution < 1.29 is 9.47 Å². The van der Waals surface area contributed by atoms with Crippen LogP contribution in [0.1, 0.15) is 46.0 Å². The third-order valence-corrected chi connectivity index (χ3v) is 6.60. The maximum atomic E-state index is 6.07. The third kappa shape index (κ3) is 3.95. The van der Waals surface area contributed by atoms with Gasteiger partial charge in [0.05, 0.1) is 12.2 Å². The normalized spacial score (nSPS) is 34.9. The standard InChI is InChI=1S/C19H33N3O2.HI/c1-19(2)16(15-8-11-23-17(15)19)21-18(20-3)22-9-6-14(7-10-22)24-12-13-4-5-13;/h13-17H,4-12H2,1-3H3,(H,20,21);1H. The number of ether oxygens (including phenoxy) is 2. The molecule has 2 saturated heterocycles. The molecule has 4 rings (SSSR count). The summed E-state index contributed by atoms with van der Waals surface area (Å²) in [5.41, 5.74) is 0.197. The topological polar surface area (TPSA) is 46.1 Å². The van der Waals surface area contributed by atoms with Gasteiger partial charge in [-0.2, -0.15) is 0 Å². The molecular formula is C19H34IN3O2. The lowest BCUT2D eigenvalue weighted by Gasteiger charge is -2.55. The van der Waals surface area contributed by atoms with E-state index in [4.69, 9.17) is 9.47 Å². The predicted molar refractivity (Wildman–Crippen MR) is 111 cm³/mol. The van der Waals surface area contributed by atoms with E-state index in [2.05, 4.69) is 29.1 Å². The minimum Gasteiger partial charge on any atom is -0.378 e. The summed E-state index contributed by atoms with van der Waals surface area (Å²) in [6.45, 7) is 8.64. The van der Waals surface area contributed by atoms with Crippen LogP contribution in [-0.2, 0) is 9.47 Å². The highest BCUT2D eigenvalue weighted by molar-refractivity contribution is 14.0. The number of nitrogens with zero attached hydrogens (tertiary/aromatic N) is 2. The number of guanidine groups is 1. The van der Waals surface area contributed by atoms with Crippen molar-refractivity contribution in [3.63, 3.8) is 0 Å². The second-order valence-corrected chi connectivity index (χ2v) is 8.70. The van der Waals surface area contributed by atoms with Crippen LogP contribution in [0.3, 0.4) is 0 Å². The van der Waals surface area contributed by atoms with Gasteiger partial charge in [-0.3, -0.25) is 4.99 Å². The van der Waals surface area contributed by atoms with Gasteiger partial charge in [-0.1, -0.05) is 13.8 Å². The maximum absolute atomic E-state index is 6.07. The van der Waals surface area contributed by atoms with Gasteiger partial charge >= 0.3 is 0 Å². The van der Waals surface area contributed by atoms with Gasteiger partial charge in [0.2, 0.25) is 0 Å². The molecule has 0 aromatic heterocycles. The summed E-state index contributed by atoms with van der Waals surface area (Å²) in [7, 11) is 1.91. The van der Waals surface area contributed by atoms with Gasteiger partial charge in [0.15, 0.2) is 5.96 Å². The number of aliphatic imine (C=N–C) groups is 1. The molecule has 0 spiro atoms. The lowest BCUT2D eigenvalue weighted by atomic mass is 9.57. The first-order chi connectivity index (χ1) is 11.6. The Morgan fingerprint density at radius 2 is 1.92 bits per heavy atom. The number of hydrogen-bond acceptors (Lipinski definition) is 3. The molecule has 0 aromatic carbocycles. The molecule has 3 atom stereocenters. The molecule has 1 N–H and O–H groups in total. The number of hydrogen-bond donors (Lipinski definition) is 1. The van der Waals surface area contributed by atoms with E-state index in [0.717, 1.165) is 51.0 Å². The van der Waals surface area contributed by atoms with E-state index < -0.39 is 0 Å². The molecule has 4 fully saturated rings. The van der Waals surface area contributed by atoms with Gasteiger partial charge in [0.1, 0.15) is 0 Å². The minimum atomic E-state index is 0. The molecule has 25 heavy (non-hydrogen) atoms. The molecule has 2 saturated carbocycles. The molecule has 5 nitrogen and oxygen atoms in total. The van der Waals surface area contributed by atoms with E-state index in [1.807, 2.05) is 7.05 Å². The summed E-state index contributed by atoms with van der Waals surface area (Å²) in [6, 6.07) is 0.479. The van der Waals surface area contributed by atoms with Crippen molar-refractivity contribution in [1.82, 2.24) is 10.2 Å². The maximum Gasteiger partial charge on any atom is 0.193 e. The smallest absolute Gasteiger partial charge is 0.193 e. The summed E-state index contributed by atoms with van der Waals surface area (Å²) in [4.78, 5) is 6.99. The number of fused-ring (bicyclic) bond motifs is 1. The summed E-state index contributed by atoms with van der Waals surface area (Å²) in [6.07, 6.45) is 7.05. The second kappa shape index (κ2) is 7.89. The zero-order valence-electron chi connectivity index (χ0n) is 15.9. The quantitative estimate of drug-likeness (QED) is 0.396. The second-order valence-electron chi connectivity index (χ2n) is 8.70. The van der Waals surface area contributed by atoms with E-state index in [1.165, 1.54) is 19.3 Å². The van der Waals surface area contributed by atoms with E-state index in [1.54, 1.807) is 0 Å². The Morgan fingerprint density at radius 1 is 1.20 bits per heavy atom. The average molecular weight is 463 g/mol. The Morgan fingerprint density at radius 3 is 2.56 bits per heavy atom. The van der Waals surface area contributed by atoms with E-state index in [0.29, 0.717) is 24.2 Å². The molecule has 2 aliphatic heterocycles. The predicted octanol–water partition coefficient (Wildman–Crippen LogP) is 2.88. The number of likely N-dealkylation sites (tertiary alicyclic amines) is 1. The lowest BCUT2D eigenvalue weighted by Crippen LogP contribution is -2.68. The fourth-order valence-electron chi connectivity index (χ4n) is 4.84. The summed E-state index contributed by atoms with van der Waals surface area (Å²) in [5.74, 6) is 2.58. The van der Waals surface area contributed by atoms with Crippen molar-refractivity contribution in [3.05, 3.63) is 0 Å². The zero-order valence-corrected chi connectivity index (χ0v) is 18.2. The SMILES string of the molecule is CN=C(NC1C2CCOC2C1(C)C)N1CCC(OCC2CC2)CC1.I. The number of halogens is 1. The highest BCUT2D eigenvalue weighted by Crippen LogP contribution is 2.52. The van der Waals surface area contributed by atoms with Crippen LogP contribution in [0.4, 0.5) is 0 Å². The average Bonchev–Trinajstić information content (AvgIpc) is 3.30. The molecular weight excluding hydrogens is 429 g/mol. The van der Waals surface area contributed by atoms with Crippen molar-refractivity contribution >= 4 is 29.9 Å². The highest BCUT2D eigenvalue weighted by atomic mass is 127. The number of rotatable bonds is 4. The molecule has 0 bridgehead atoms. The molecule has 0 aromatic rings. The first kappa shape index (κ1) is 19.7. The van der Waals surface area contributed by atoms with Crippen LogP contribution in [0.25, 0.3) is 0 Å². The Labute approximate surface area is 169 Å². The first-order valence-electron chi connectivity index (χ1n) is 9.81. The molecule has 3 unspecified atom stereocenters. The molecule has 2 heterocycles. The van der Waals surface area contributed by atoms with Crippen LogP contribution in [0.2, 0.25) is 0 Å². The Bertz CT molecular complexity index is 487. The van der Waals surface area contributed by atoms with Gasteiger partial charge in [-0.25, -0.2) is 0 Å². The molecule has 0 amide bonds. The fraction of sp³-hybridized carbons (Fsp3) is 0.947. The molecule has 4 aliphatic rings. The Hall–Kier alpha value is -0.0800. The minimum absolute atomic E-state index is 0. The van der Waals surface area contributed by atoms with Crippen LogP contribution in [0.15, 0.2) is 4.99 Å². The highest BCUT2D eigenvalue weighted by Gasteiger charge is 2.59. The van der Waals surface area contributed by atoms with Crippen molar-refractivity contribution in [2.24, 2.45) is 22.2 Å². The van der Waals surface area contributed by atoms with Crippen LogP contribution >= 0.6 is 24.0 Å². The van der Waals surface area contributed by atoms with Gasteiger partial charge in [0, 0.05) is 50.7 Å². The molecule has 0 radical (unpaired) electrons. The third-order valence-electron chi connectivity index (χ3n) is 6.60. The first-order valence-corrected chi connectivity index (χ1v) is 9.81. The van der Waals surface area contributed by atoms with Gasteiger partial charge in [-0.05, 0) is 38.0 Å². The van der Waals surface area contributed by atoms with E-state index in [9.17, 15) is 0 Å². The number of piperidine rings is 1. The van der Waals surface area contributed by atoms with E-state index >= 15 is 0 Å². The summed E-state index contributed by atoms with van der Waals surface area (Å²) < 4.78 is 12.0. The van der Waals surface area contributed by atoms with Crippen molar-refractivity contribution in [2.75, 3.05) is 33.4 Å². The van der Waals surface area contributed by atoms with Gasteiger partial charge < -0.3 is 19.7 Å². The Balaban J connectivity index is 0.00000182.